The third-order valence-electron chi connectivity index (χ3n) is 2.85. The van der Waals surface area contributed by atoms with Crippen LogP contribution in [0.25, 0.3) is 11.0 Å². The van der Waals surface area contributed by atoms with Crippen LogP contribution >= 0.6 is 0 Å². The number of aryl methyl sites for hydroxylation is 1. The minimum atomic E-state index is 0.682. The first-order chi connectivity index (χ1) is 8.13. The molecule has 0 aliphatic heterocycles. The smallest absolute Gasteiger partial charge is 0.206 e. The zero-order valence-corrected chi connectivity index (χ0v) is 10.5. The highest BCUT2D eigenvalue weighted by atomic mass is 16.5. The minimum absolute atomic E-state index is 0.682. The third-order valence-corrected chi connectivity index (χ3v) is 2.85. The molecule has 2 rings (SSSR count). The maximum absolute atomic E-state index is 5.76. The zero-order chi connectivity index (χ0) is 12.4. The molecule has 17 heavy (non-hydrogen) atoms. The summed E-state index contributed by atoms with van der Waals surface area (Å²) in [6.07, 6.45) is 0. The van der Waals surface area contributed by atoms with Crippen LogP contribution in [0.4, 0.5) is 11.6 Å². The lowest BCUT2D eigenvalue weighted by Gasteiger charge is -2.17. The fourth-order valence-corrected chi connectivity index (χ4v) is 1.87. The maximum Gasteiger partial charge on any atom is 0.206 e. The highest BCUT2D eigenvalue weighted by molar-refractivity contribution is 5.81. The Kier molecular flexibility index (Phi) is 3.19. The zero-order valence-electron chi connectivity index (χ0n) is 10.5. The van der Waals surface area contributed by atoms with Crippen molar-refractivity contribution < 1.29 is 4.74 Å². The van der Waals surface area contributed by atoms with E-state index in [1.165, 1.54) is 0 Å². The molecule has 0 saturated carbocycles. The number of methoxy groups -OCH3 is 1. The van der Waals surface area contributed by atoms with Crippen molar-refractivity contribution in [3.63, 3.8) is 0 Å². The summed E-state index contributed by atoms with van der Waals surface area (Å²) in [5, 5.41) is 0. The fourth-order valence-electron chi connectivity index (χ4n) is 1.87. The second-order valence-electron chi connectivity index (χ2n) is 4.13. The summed E-state index contributed by atoms with van der Waals surface area (Å²) < 4.78 is 7.13. The van der Waals surface area contributed by atoms with Crippen LogP contribution in [0.3, 0.4) is 0 Å². The predicted octanol–water partition coefficient (Wildman–Crippen LogP) is 1.24. The normalized spacial score (nSPS) is 11.0. The Morgan fingerprint density at radius 3 is 2.94 bits per heavy atom. The van der Waals surface area contributed by atoms with E-state index >= 15 is 0 Å². The molecule has 2 aromatic rings. The minimum Gasteiger partial charge on any atom is -0.399 e. The maximum atomic E-state index is 5.76. The van der Waals surface area contributed by atoms with Gasteiger partial charge in [-0.3, -0.25) is 0 Å². The lowest BCUT2D eigenvalue weighted by Crippen LogP contribution is -2.24. The molecule has 5 nitrogen and oxygen atoms in total. The van der Waals surface area contributed by atoms with Crippen LogP contribution in [0.2, 0.25) is 0 Å². The van der Waals surface area contributed by atoms with Crippen molar-refractivity contribution in [2.24, 2.45) is 7.05 Å². The Bertz CT molecular complexity index is 520. The van der Waals surface area contributed by atoms with Gasteiger partial charge >= 0.3 is 0 Å². The van der Waals surface area contributed by atoms with Crippen LogP contribution in [0.1, 0.15) is 0 Å². The van der Waals surface area contributed by atoms with Gasteiger partial charge in [-0.05, 0) is 18.2 Å². The van der Waals surface area contributed by atoms with E-state index in [-0.39, 0.29) is 0 Å². The average Bonchev–Trinajstić information content (AvgIpc) is 2.63. The van der Waals surface area contributed by atoms with E-state index in [1.54, 1.807) is 7.11 Å². The van der Waals surface area contributed by atoms with Crippen molar-refractivity contribution in [3.05, 3.63) is 18.2 Å². The highest BCUT2D eigenvalue weighted by Crippen LogP contribution is 2.22. The van der Waals surface area contributed by atoms with Crippen molar-refractivity contribution in [2.75, 3.05) is 37.9 Å². The van der Waals surface area contributed by atoms with E-state index in [0.717, 1.165) is 29.2 Å². The Labute approximate surface area is 101 Å². The first kappa shape index (κ1) is 11.7. The van der Waals surface area contributed by atoms with Crippen LogP contribution in [0.15, 0.2) is 18.2 Å². The molecule has 5 heteroatoms. The van der Waals surface area contributed by atoms with Gasteiger partial charge in [0.1, 0.15) is 0 Å². The fraction of sp³-hybridized carbons (Fsp3) is 0.417. The second kappa shape index (κ2) is 4.63. The lowest BCUT2D eigenvalue weighted by molar-refractivity contribution is 0.206. The molecule has 0 unspecified atom stereocenters. The number of aromatic nitrogens is 2. The van der Waals surface area contributed by atoms with E-state index < -0.39 is 0 Å². The standard InChI is InChI=1S/C12H18N4O/c1-15(6-7-17-3)12-14-10-8-9(13)4-5-11(10)16(12)2/h4-5,8H,6-7,13H2,1-3H3. The van der Waals surface area contributed by atoms with Gasteiger partial charge in [-0.15, -0.1) is 0 Å². The number of nitrogens with zero attached hydrogens (tertiary/aromatic N) is 3. The summed E-state index contributed by atoms with van der Waals surface area (Å²) in [6.45, 7) is 1.49. The van der Waals surface area contributed by atoms with Crippen LogP contribution < -0.4 is 10.6 Å². The molecular weight excluding hydrogens is 216 g/mol. The number of fused-ring (bicyclic) bond motifs is 1. The van der Waals surface area contributed by atoms with Crippen LogP contribution in [0.5, 0.6) is 0 Å². The van der Waals surface area contributed by atoms with Gasteiger partial charge in [0.15, 0.2) is 0 Å². The first-order valence-corrected chi connectivity index (χ1v) is 5.55. The number of rotatable bonds is 4. The number of hydrogen-bond acceptors (Lipinski definition) is 4. The van der Waals surface area contributed by atoms with Crippen LogP contribution in [-0.2, 0) is 11.8 Å². The summed E-state index contributed by atoms with van der Waals surface area (Å²) in [4.78, 5) is 6.65. The number of likely N-dealkylation sites (N-methyl/N-ethyl adjacent to an activating group) is 1. The van der Waals surface area contributed by atoms with Crippen molar-refractivity contribution in [1.82, 2.24) is 9.55 Å². The first-order valence-electron chi connectivity index (χ1n) is 5.55. The van der Waals surface area contributed by atoms with Gasteiger partial charge < -0.3 is 19.9 Å². The largest absolute Gasteiger partial charge is 0.399 e. The molecule has 0 aliphatic carbocycles. The van der Waals surface area contributed by atoms with E-state index in [4.69, 9.17) is 10.5 Å². The summed E-state index contributed by atoms with van der Waals surface area (Å²) >= 11 is 0. The quantitative estimate of drug-likeness (QED) is 0.809. The molecular formula is C12H18N4O. The Morgan fingerprint density at radius 1 is 1.47 bits per heavy atom. The van der Waals surface area contributed by atoms with E-state index in [9.17, 15) is 0 Å². The van der Waals surface area contributed by atoms with Gasteiger partial charge in [0.2, 0.25) is 5.95 Å². The molecule has 0 saturated heterocycles. The predicted molar refractivity (Wildman–Crippen MR) is 70.3 cm³/mol. The Balaban J connectivity index is 2.37. The number of hydrogen-bond donors (Lipinski definition) is 1. The summed E-state index contributed by atoms with van der Waals surface area (Å²) in [6, 6.07) is 5.78. The molecule has 0 bridgehead atoms. The van der Waals surface area contributed by atoms with Gasteiger partial charge in [0, 0.05) is 33.4 Å². The van der Waals surface area contributed by atoms with Gasteiger partial charge in [-0.25, -0.2) is 4.98 Å². The highest BCUT2D eigenvalue weighted by Gasteiger charge is 2.11. The second-order valence-corrected chi connectivity index (χ2v) is 4.13. The molecule has 1 heterocycles. The Hall–Kier alpha value is -1.75. The average molecular weight is 234 g/mol. The van der Waals surface area contributed by atoms with Crippen molar-refractivity contribution in [2.45, 2.75) is 0 Å². The van der Waals surface area contributed by atoms with Crippen LogP contribution in [-0.4, -0.2) is 36.9 Å². The number of benzene rings is 1. The number of nitrogens with two attached hydrogens (primary N) is 1. The molecule has 2 N–H and O–H groups in total. The molecule has 0 fully saturated rings. The van der Waals surface area contributed by atoms with Crippen molar-refractivity contribution >= 4 is 22.7 Å². The molecule has 0 aliphatic rings. The lowest BCUT2D eigenvalue weighted by atomic mass is 10.3. The molecule has 1 aromatic carbocycles. The van der Waals surface area contributed by atoms with Crippen molar-refractivity contribution in [3.8, 4) is 0 Å². The Morgan fingerprint density at radius 2 is 2.24 bits per heavy atom. The number of imidazole rings is 1. The van der Waals surface area contributed by atoms with E-state index in [0.29, 0.717) is 6.61 Å². The summed E-state index contributed by atoms with van der Waals surface area (Å²) in [5.41, 5.74) is 8.50. The topological polar surface area (TPSA) is 56.3 Å². The number of ether oxygens (including phenoxy) is 1. The van der Waals surface area contributed by atoms with Crippen LogP contribution in [0, 0.1) is 0 Å². The van der Waals surface area contributed by atoms with Gasteiger partial charge in [0.05, 0.1) is 17.6 Å². The molecule has 0 spiro atoms. The summed E-state index contributed by atoms with van der Waals surface area (Å²) in [5.74, 6) is 0.919. The molecule has 0 radical (unpaired) electrons. The molecule has 1 aromatic heterocycles. The number of anilines is 2. The van der Waals surface area contributed by atoms with Gasteiger partial charge in [-0.1, -0.05) is 0 Å². The SMILES string of the molecule is COCCN(C)c1nc2cc(N)ccc2n1C. The van der Waals surface area contributed by atoms with Crippen molar-refractivity contribution in [1.29, 1.82) is 0 Å². The molecule has 0 amide bonds. The molecule has 92 valence electrons. The van der Waals surface area contributed by atoms with E-state index in [2.05, 4.69) is 14.5 Å². The van der Waals surface area contributed by atoms with Gasteiger partial charge in [0.25, 0.3) is 0 Å². The summed E-state index contributed by atoms with van der Waals surface area (Å²) in [7, 11) is 5.71. The number of nitrogen functional groups attached to an aromatic ring is 1. The van der Waals surface area contributed by atoms with E-state index in [1.807, 2.05) is 32.3 Å². The molecule has 0 atom stereocenters. The third kappa shape index (κ3) is 2.19. The van der Waals surface area contributed by atoms with Gasteiger partial charge in [-0.2, -0.15) is 0 Å². The monoisotopic (exact) mass is 234 g/mol.